The van der Waals surface area contributed by atoms with E-state index in [1.54, 1.807) is 26.5 Å². The summed E-state index contributed by atoms with van der Waals surface area (Å²) in [6.45, 7) is 1.87. The molecule has 0 N–H and O–H groups in total. The van der Waals surface area contributed by atoms with E-state index < -0.39 is 0 Å². The van der Waals surface area contributed by atoms with Crippen molar-refractivity contribution in [2.75, 3.05) is 14.2 Å². The lowest BCUT2D eigenvalue weighted by Gasteiger charge is -2.13. The zero-order valence-corrected chi connectivity index (χ0v) is 14.4. The second-order valence-electron chi connectivity index (χ2n) is 4.66. The van der Waals surface area contributed by atoms with Crippen LogP contribution in [0.5, 0.6) is 11.8 Å². The highest BCUT2D eigenvalue weighted by molar-refractivity contribution is 9.10. The van der Waals surface area contributed by atoms with Crippen LogP contribution in [-0.2, 0) is 0 Å². The third-order valence-electron chi connectivity index (χ3n) is 3.27. The van der Waals surface area contributed by atoms with Gasteiger partial charge in [-0.3, -0.25) is 4.57 Å². The molecular weight excluding hydrogens is 362 g/mol. The number of ether oxygens (including phenoxy) is 2. The topological polar surface area (TPSA) is 75.0 Å². The Labute approximate surface area is 141 Å². The van der Waals surface area contributed by atoms with Crippen LogP contribution in [0.2, 0.25) is 0 Å². The van der Waals surface area contributed by atoms with Crippen LogP contribution in [-0.4, -0.2) is 39.0 Å². The van der Waals surface area contributed by atoms with Crippen LogP contribution >= 0.6 is 15.9 Å². The summed E-state index contributed by atoms with van der Waals surface area (Å²) in [5, 5.41) is 8.42. The number of aromatic nitrogens is 5. The lowest BCUT2D eigenvalue weighted by atomic mass is 10.2. The van der Waals surface area contributed by atoms with Gasteiger partial charge in [-0.15, -0.1) is 10.2 Å². The first kappa shape index (κ1) is 15.4. The number of hydrogen-bond acceptors (Lipinski definition) is 6. The van der Waals surface area contributed by atoms with E-state index in [4.69, 9.17) is 9.47 Å². The molecule has 118 valence electrons. The molecule has 0 saturated carbocycles. The van der Waals surface area contributed by atoms with E-state index in [1.165, 1.54) is 0 Å². The highest BCUT2D eigenvalue weighted by Gasteiger charge is 2.18. The van der Waals surface area contributed by atoms with Crippen molar-refractivity contribution >= 4 is 15.9 Å². The number of hydrogen-bond donors (Lipinski definition) is 0. The van der Waals surface area contributed by atoms with Crippen molar-refractivity contribution in [1.29, 1.82) is 0 Å². The molecule has 7 nitrogen and oxygen atoms in total. The Morgan fingerprint density at radius 1 is 1.04 bits per heavy atom. The van der Waals surface area contributed by atoms with E-state index in [0.29, 0.717) is 23.4 Å². The van der Waals surface area contributed by atoms with Gasteiger partial charge >= 0.3 is 0 Å². The molecule has 0 atom stereocenters. The van der Waals surface area contributed by atoms with E-state index in [0.717, 1.165) is 15.9 Å². The molecule has 0 amide bonds. The van der Waals surface area contributed by atoms with E-state index in [1.807, 2.05) is 29.7 Å². The number of aryl methyl sites for hydroxylation is 1. The summed E-state index contributed by atoms with van der Waals surface area (Å²) in [7, 11) is 3.12. The Morgan fingerprint density at radius 2 is 1.87 bits per heavy atom. The summed E-state index contributed by atoms with van der Waals surface area (Å²) in [6.07, 6.45) is 1.73. The quantitative estimate of drug-likeness (QED) is 0.652. The molecule has 0 fully saturated rings. The smallest absolute Gasteiger partial charge is 0.241 e. The van der Waals surface area contributed by atoms with Crippen LogP contribution in [0.1, 0.15) is 5.82 Å². The maximum Gasteiger partial charge on any atom is 0.241 e. The molecule has 0 aliphatic heterocycles. The fourth-order valence-corrected chi connectivity index (χ4v) is 2.43. The SMILES string of the molecule is COc1ccc(-n2c(C)nnc2-c2ccc(Br)nc2)c(OC)n1. The largest absolute Gasteiger partial charge is 0.481 e. The highest BCUT2D eigenvalue weighted by Crippen LogP contribution is 2.29. The van der Waals surface area contributed by atoms with Gasteiger partial charge in [0.25, 0.3) is 0 Å². The monoisotopic (exact) mass is 375 g/mol. The second-order valence-corrected chi connectivity index (χ2v) is 5.47. The summed E-state index contributed by atoms with van der Waals surface area (Å²) in [4.78, 5) is 8.55. The Balaban J connectivity index is 2.17. The lowest BCUT2D eigenvalue weighted by Crippen LogP contribution is -2.05. The van der Waals surface area contributed by atoms with E-state index in [2.05, 4.69) is 36.1 Å². The van der Waals surface area contributed by atoms with Crippen LogP contribution in [0, 0.1) is 6.92 Å². The van der Waals surface area contributed by atoms with E-state index in [-0.39, 0.29) is 0 Å². The van der Waals surface area contributed by atoms with Gasteiger partial charge in [-0.1, -0.05) is 0 Å². The Morgan fingerprint density at radius 3 is 2.52 bits per heavy atom. The average Bonchev–Trinajstić information content (AvgIpc) is 2.96. The molecule has 0 unspecified atom stereocenters. The number of halogens is 1. The first-order valence-electron chi connectivity index (χ1n) is 6.77. The molecule has 23 heavy (non-hydrogen) atoms. The third-order valence-corrected chi connectivity index (χ3v) is 3.74. The van der Waals surface area contributed by atoms with Crippen molar-refractivity contribution in [3.05, 3.63) is 40.9 Å². The minimum absolute atomic E-state index is 0.429. The first-order chi connectivity index (χ1) is 11.1. The Hall–Kier alpha value is -2.48. The summed E-state index contributed by atoms with van der Waals surface area (Å²) in [5.74, 6) is 2.28. The number of methoxy groups -OCH3 is 2. The minimum Gasteiger partial charge on any atom is -0.481 e. The van der Waals surface area contributed by atoms with Crippen LogP contribution in [0.4, 0.5) is 0 Å². The Bertz CT molecular complexity index is 832. The van der Waals surface area contributed by atoms with Gasteiger partial charge in [0.2, 0.25) is 11.8 Å². The van der Waals surface area contributed by atoms with Gasteiger partial charge in [0.1, 0.15) is 16.1 Å². The number of rotatable bonds is 4. The molecule has 3 heterocycles. The standard InChI is InChI=1S/C15H14BrN5O2/c1-9-19-20-14(10-4-6-12(16)17-8-10)21(9)11-5-7-13(22-2)18-15(11)23-3/h4-8H,1-3H3. The molecule has 0 aliphatic rings. The molecule has 3 aromatic rings. The molecular formula is C15H14BrN5O2. The van der Waals surface area contributed by atoms with Crippen LogP contribution in [0.3, 0.4) is 0 Å². The van der Waals surface area contributed by atoms with Gasteiger partial charge in [-0.2, -0.15) is 4.98 Å². The van der Waals surface area contributed by atoms with Crippen molar-refractivity contribution in [2.45, 2.75) is 6.92 Å². The maximum absolute atomic E-state index is 5.39. The van der Waals surface area contributed by atoms with Crippen molar-refractivity contribution < 1.29 is 9.47 Å². The second kappa shape index (κ2) is 6.33. The van der Waals surface area contributed by atoms with E-state index in [9.17, 15) is 0 Å². The van der Waals surface area contributed by atoms with Crippen molar-refractivity contribution in [3.63, 3.8) is 0 Å². The lowest BCUT2D eigenvalue weighted by molar-refractivity contribution is 0.363. The summed E-state index contributed by atoms with van der Waals surface area (Å²) in [5.41, 5.74) is 1.57. The molecule has 0 spiro atoms. The fourth-order valence-electron chi connectivity index (χ4n) is 2.20. The van der Waals surface area contributed by atoms with E-state index >= 15 is 0 Å². The fraction of sp³-hybridized carbons (Fsp3) is 0.200. The maximum atomic E-state index is 5.39. The average molecular weight is 376 g/mol. The van der Waals surface area contributed by atoms with Crippen LogP contribution in [0.15, 0.2) is 35.1 Å². The van der Waals surface area contributed by atoms with Gasteiger partial charge < -0.3 is 9.47 Å². The molecule has 0 radical (unpaired) electrons. The van der Waals surface area contributed by atoms with Gasteiger partial charge in [0, 0.05) is 17.8 Å². The normalized spacial score (nSPS) is 10.6. The molecule has 3 rings (SSSR count). The molecule has 0 saturated heterocycles. The molecule has 8 heteroatoms. The minimum atomic E-state index is 0.429. The molecule has 0 aliphatic carbocycles. The number of nitrogens with zero attached hydrogens (tertiary/aromatic N) is 5. The van der Waals surface area contributed by atoms with Gasteiger partial charge in [0.05, 0.1) is 14.2 Å². The van der Waals surface area contributed by atoms with Crippen molar-refractivity contribution in [2.24, 2.45) is 0 Å². The Kier molecular flexibility index (Phi) is 4.24. The highest BCUT2D eigenvalue weighted by atomic mass is 79.9. The molecule has 0 aromatic carbocycles. The predicted octanol–water partition coefficient (Wildman–Crippen LogP) is 2.81. The summed E-state index contributed by atoms with van der Waals surface area (Å²) < 4.78 is 13.2. The van der Waals surface area contributed by atoms with Gasteiger partial charge in [-0.25, -0.2) is 4.98 Å². The third kappa shape index (κ3) is 2.89. The van der Waals surface area contributed by atoms with Crippen LogP contribution in [0.25, 0.3) is 17.1 Å². The van der Waals surface area contributed by atoms with Gasteiger partial charge in [-0.05, 0) is 41.1 Å². The predicted molar refractivity (Wildman–Crippen MR) is 87.9 cm³/mol. The van der Waals surface area contributed by atoms with Gasteiger partial charge in [0.15, 0.2) is 5.82 Å². The summed E-state index contributed by atoms with van der Waals surface area (Å²) >= 11 is 3.33. The zero-order chi connectivity index (χ0) is 16.4. The van der Waals surface area contributed by atoms with Crippen LogP contribution < -0.4 is 9.47 Å². The molecule has 3 aromatic heterocycles. The van der Waals surface area contributed by atoms with Crippen molar-refractivity contribution in [3.8, 4) is 28.8 Å². The number of pyridine rings is 2. The first-order valence-corrected chi connectivity index (χ1v) is 7.56. The zero-order valence-electron chi connectivity index (χ0n) is 12.8. The van der Waals surface area contributed by atoms with Crippen molar-refractivity contribution in [1.82, 2.24) is 24.7 Å². The summed E-state index contributed by atoms with van der Waals surface area (Å²) in [6, 6.07) is 7.39. The molecule has 0 bridgehead atoms.